The van der Waals surface area contributed by atoms with Crippen LogP contribution in [0.4, 0.5) is 0 Å². The lowest BCUT2D eigenvalue weighted by Gasteiger charge is -2.18. The summed E-state index contributed by atoms with van der Waals surface area (Å²) in [7, 11) is 0. The zero-order valence-corrected chi connectivity index (χ0v) is 15.8. The van der Waals surface area contributed by atoms with Gasteiger partial charge in [0.2, 0.25) is 5.89 Å². The Bertz CT molecular complexity index is 765. The van der Waals surface area contributed by atoms with Crippen molar-refractivity contribution in [3.63, 3.8) is 0 Å². The third-order valence-corrected chi connectivity index (χ3v) is 5.64. The van der Waals surface area contributed by atoms with E-state index >= 15 is 0 Å². The highest BCUT2D eigenvalue weighted by Gasteiger charge is 2.29. The number of aryl methyl sites for hydroxylation is 2. The quantitative estimate of drug-likeness (QED) is 0.772. The summed E-state index contributed by atoms with van der Waals surface area (Å²) in [5.74, 6) is 2.44. The van der Waals surface area contributed by atoms with Gasteiger partial charge in [-0.25, -0.2) is 0 Å². The van der Waals surface area contributed by atoms with E-state index in [1.807, 2.05) is 11.8 Å². The second-order valence-corrected chi connectivity index (χ2v) is 7.41. The van der Waals surface area contributed by atoms with Crippen LogP contribution < -0.4 is 0 Å². The molecule has 0 saturated carbocycles. The molecule has 2 aromatic heterocycles. The lowest BCUT2D eigenvalue weighted by Crippen LogP contribution is -2.30. The third kappa shape index (κ3) is 4.05. The summed E-state index contributed by atoms with van der Waals surface area (Å²) in [5.41, 5.74) is 0.678. The average Bonchev–Trinajstić information content (AvgIpc) is 3.46. The molecule has 0 spiro atoms. The average molecular weight is 373 g/mol. The van der Waals surface area contributed by atoms with E-state index in [1.165, 1.54) is 0 Å². The maximum atomic E-state index is 12.7. The summed E-state index contributed by atoms with van der Waals surface area (Å²) in [4.78, 5) is 19.2. The van der Waals surface area contributed by atoms with Crippen LogP contribution in [0.2, 0.25) is 0 Å². The standard InChI is InChI=1S/C19H27N5O3/c1-2-24-16(5-9-20-24)19(25)23-10-6-14(13-23)3-4-17-21-18(27-22-17)15-7-11-26-12-8-15/h5,9,14-15H,2-4,6-8,10-13H2,1H3. The number of hydrogen-bond acceptors (Lipinski definition) is 6. The second-order valence-electron chi connectivity index (χ2n) is 7.41. The van der Waals surface area contributed by atoms with E-state index in [9.17, 15) is 4.79 Å². The summed E-state index contributed by atoms with van der Waals surface area (Å²) in [5, 5.41) is 8.35. The molecule has 2 aliphatic rings. The van der Waals surface area contributed by atoms with E-state index in [1.54, 1.807) is 16.9 Å². The summed E-state index contributed by atoms with van der Waals surface area (Å²) >= 11 is 0. The Labute approximate surface area is 158 Å². The van der Waals surface area contributed by atoms with Gasteiger partial charge in [0.25, 0.3) is 5.91 Å². The van der Waals surface area contributed by atoms with Crippen LogP contribution in [0, 0.1) is 5.92 Å². The van der Waals surface area contributed by atoms with Crippen LogP contribution in [-0.4, -0.2) is 57.0 Å². The molecule has 1 amide bonds. The fourth-order valence-corrected chi connectivity index (χ4v) is 3.99. The van der Waals surface area contributed by atoms with Crippen molar-refractivity contribution >= 4 is 5.91 Å². The molecule has 2 aromatic rings. The van der Waals surface area contributed by atoms with E-state index < -0.39 is 0 Å². The molecule has 146 valence electrons. The van der Waals surface area contributed by atoms with Gasteiger partial charge in [0.15, 0.2) is 5.82 Å². The van der Waals surface area contributed by atoms with Gasteiger partial charge in [-0.15, -0.1) is 0 Å². The molecule has 2 aliphatic heterocycles. The van der Waals surface area contributed by atoms with Gasteiger partial charge in [-0.1, -0.05) is 5.16 Å². The van der Waals surface area contributed by atoms with Crippen molar-refractivity contribution in [2.24, 2.45) is 5.92 Å². The molecule has 8 nitrogen and oxygen atoms in total. The first-order chi connectivity index (χ1) is 13.2. The first kappa shape index (κ1) is 18.2. The van der Waals surface area contributed by atoms with Gasteiger partial charge in [-0.05, 0) is 44.6 Å². The predicted octanol–water partition coefficient (Wildman–Crippen LogP) is 2.27. The van der Waals surface area contributed by atoms with E-state index in [4.69, 9.17) is 9.26 Å². The van der Waals surface area contributed by atoms with Crippen molar-refractivity contribution in [2.75, 3.05) is 26.3 Å². The van der Waals surface area contributed by atoms with Gasteiger partial charge < -0.3 is 14.2 Å². The van der Waals surface area contributed by atoms with Crippen molar-refractivity contribution < 1.29 is 14.1 Å². The highest BCUT2D eigenvalue weighted by Crippen LogP contribution is 2.26. The van der Waals surface area contributed by atoms with Crippen LogP contribution in [-0.2, 0) is 17.7 Å². The second kappa shape index (κ2) is 8.21. The molecule has 8 heteroatoms. The Morgan fingerprint density at radius 1 is 1.30 bits per heavy atom. The number of hydrogen-bond donors (Lipinski definition) is 0. The minimum Gasteiger partial charge on any atom is -0.381 e. The number of amides is 1. The first-order valence-electron chi connectivity index (χ1n) is 9.96. The van der Waals surface area contributed by atoms with Crippen LogP contribution in [0.3, 0.4) is 0 Å². The molecular formula is C19H27N5O3. The van der Waals surface area contributed by atoms with E-state index in [-0.39, 0.29) is 5.91 Å². The topological polar surface area (TPSA) is 86.3 Å². The fourth-order valence-electron chi connectivity index (χ4n) is 3.99. The fraction of sp³-hybridized carbons (Fsp3) is 0.684. The van der Waals surface area contributed by atoms with Crippen molar-refractivity contribution in [1.82, 2.24) is 24.8 Å². The van der Waals surface area contributed by atoms with Gasteiger partial charge in [0.05, 0.1) is 0 Å². The van der Waals surface area contributed by atoms with E-state index in [2.05, 4.69) is 15.2 Å². The summed E-state index contributed by atoms with van der Waals surface area (Å²) < 4.78 is 12.6. The molecule has 0 bridgehead atoms. The minimum atomic E-state index is 0.0817. The molecule has 1 unspecified atom stereocenters. The summed E-state index contributed by atoms with van der Waals surface area (Å²) in [6.45, 7) is 5.83. The zero-order chi connectivity index (χ0) is 18.6. The SMILES string of the molecule is CCn1nccc1C(=O)N1CCC(CCc2noc(C3CCOCC3)n2)C1. The van der Waals surface area contributed by atoms with E-state index in [0.29, 0.717) is 24.1 Å². The summed E-state index contributed by atoms with van der Waals surface area (Å²) in [6.07, 6.45) is 6.40. The number of ether oxygens (including phenoxy) is 1. The van der Waals surface area contributed by atoms with Gasteiger partial charge in [-0.2, -0.15) is 10.1 Å². The minimum absolute atomic E-state index is 0.0817. The number of aromatic nitrogens is 4. The molecule has 4 heterocycles. The molecule has 0 N–H and O–H groups in total. The van der Waals surface area contributed by atoms with Crippen molar-refractivity contribution in [1.29, 1.82) is 0 Å². The molecule has 2 saturated heterocycles. The Hall–Kier alpha value is -2.22. The number of carbonyl (C=O) groups is 1. The molecular weight excluding hydrogens is 346 g/mol. The number of carbonyl (C=O) groups excluding carboxylic acids is 1. The monoisotopic (exact) mass is 373 g/mol. The Kier molecular flexibility index (Phi) is 5.52. The van der Waals surface area contributed by atoms with Crippen LogP contribution in [0.1, 0.15) is 60.7 Å². The zero-order valence-electron chi connectivity index (χ0n) is 15.8. The molecule has 0 aromatic carbocycles. The lowest BCUT2D eigenvalue weighted by atomic mass is 10.0. The molecule has 0 radical (unpaired) electrons. The van der Waals surface area contributed by atoms with Gasteiger partial charge >= 0.3 is 0 Å². The number of rotatable bonds is 6. The number of likely N-dealkylation sites (tertiary alicyclic amines) is 1. The highest BCUT2D eigenvalue weighted by molar-refractivity contribution is 5.92. The molecule has 2 fully saturated rings. The lowest BCUT2D eigenvalue weighted by molar-refractivity contribution is 0.0773. The van der Waals surface area contributed by atoms with Crippen molar-refractivity contribution in [3.8, 4) is 0 Å². The van der Waals surface area contributed by atoms with Crippen LogP contribution in [0.15, 0.2) is 16.8 Å². The first-order valence-corrected chi connectivity index (χ1v) is 9.96. The van der Waals surface area contributed by atoms with Crippen molar-refractivity contribution in [2.45, 2.75) is 51.5 Å². The van der Waals surface area contributed by atoms with Crippen molar-refractivity contribution in [3.05, 3.63) is 29.7 Å². The summed E-state index contributed by atoms with van der Waals surface area (Å²) in [6, 6.07) is 1.80. The maximum absolute atomic E-state index is 12.7. The largest absolute Gasteiger partial charge is 0.381 e. The normalized spacial score (nSPS) is 21.1. The highest BCUT2D eigenvalue weighted by atomic mass is 16.5. The maximum Gasteiger partial charge on any atom is 0.272 e. The third-order valence-electron chi connectivity index (χ3n) is 5.64. The molecule has 1 atom stereocenters. The Morgan fingerprint density at radius 3 is 2.96 bits per heavy atom. The molecule has 0 aliphatic carbocycles. The smallest absolute Gasteiger partial charge is 0.272 e. The van der Waals surface area contributed by atoms with Crippen LogP contribution in [0.5, 0.6) is 0 Å². The van der Waals surface area contributed by atoms with Gasteiger partial charge in [0, 0.05) is 51.4 Å². The molecule has 4 rings (SSSR count). The Balaban J connectivity index is 1.28. The molecule has 27 heavy (non-hydrogen) atoms. The predicted molar refractivity (Wildman–Crippen MR) is 97.3 cm³/mol. The van der Waals surface area contributed by atoms with E-state index in [0.717, 1.165) is 70.1 Å². The van der Waals surface area contributed by atoms with Crippen LogP contribution >= 0.6 is 0 Å². The number of nitrogens with zero attached hydrogens (tertiary/aromatic N) is 5. The van der Waals surface area contributed by atoms with Gasteiger partial charge in [-0.3, -0.25) is 9.48 Å². The Morgan fingerprint density at radius 2 is 2.15 bits per heavy atom. The van der Waals surface area contributed by atoms with Crippen LogP contribution in [0.25, 0.3) is 0 Å². The van der Waals surface area contributed by atoms with Gasteiger partial charge in [0.1, 0.15) is 5.69 Å².